The second kappa shape index (κ2) is 2.89. The molecule has 0 bridgehead atoms. The SMILES string of the molecule is C1CNCC2CNCC2C1.[HH]. The Morgan fingerprint density at radius 3 is 2.80 bits per heavy atom. The van der Waals surface area contributed by atoms with Crippen LogP contribution in [0.4, 0.5) is 0 Å². The Hall–Kier alpha value is -0.0800. The van der Waals surface area contributed by atoms with Gasteiger partial charge in [-0.25, -0.2) is 0 Å². The zero-order chi connectivity index (χ0) is 6.81. The van der Waals surface area contributed by atoms with E-state index in [-0.39, 0.29) is 1.43 Å². The van der Waals surface area contributed by atoms with E-state index in [1.165, 1.54) is 39.0 Å². The summed E-state index contributed by atoms with van der Waals surface area (Å²) in [7, 11) is 0. The van der Waals surface area contributed by atoms with Gasteiger partial charge in [0.25, 0.3) is 0 Å². The molecule has 2 nitrogen and oxygen atoms in total. The summed E-state index contributed by atoms with van der Waals surface area (Å²) < 4.78 is 0. The average molecular weight is 142 g/mol. The fourth-order valence-electron chi connectivity index (χ4n) is 2.14. The Morgan fingerprint density at radius 2 is 1.80 bits per heavy atom. The van der Waals surface area contributed by atoms with Crippen molar-refractivity contribution in [2.75, 3.05) is 26.2 Å². The molecule has 2 aliphatic rings. The second-order valence-corrected chi connectivity index (χ2v) is 3.52. The molecule has 2 unspecified atom stereocenters. The Morgan fingerprint density at radius 1 is 1.00 bits per heavy atom. The zero-order valence-corrected chi connectivity index (χ0v) is 6.40. The molecule has 2 aliphatic heterocycles. The van der Waals surface area contributed by atoms with E-state index in [9.17, 15) is 0 Å². The summed E-state index contributed by atoms with van der Waals surface area (Å²) in [4.78, 5) is 0. The van der Waals surface area contributed by atoms with Gasteiger partial charge in [0.1, 0.15) is 0 Å². The Balaban J connectivity index is 0.000000605. The van der Waals surface area contributed by atoms with Gasteiger partial charge in [0.05, 0.1) is 0 Å². The van der Waals surface area contributed by atoms with Crippen LogP contribution in [0.15, 0.2) is 0 Å². The number of hydrogen-bond acceptors (Lipinski definition) is 2. The van der Waals surface area contributed by atoms with Crippen LogP contribution in [-0.4, -0.2) is 26.2 Å². The molecule has 60 valence electrons. The third-order valence-corrected chi connectivity index (χ3v) is 2.81. The molecule has 0 amide bonds. The van der Waals surface area contributed by atoms with Crippen molar-refractivity contribution in [3.63, 3.8) is 0 Å². The molecule has 0 saturated carbocycles. The Labute approximate surface area is 63.9 Å². The van der Waals surface area contributed by atoms with Gasteiger partial charge < -0.3 is 10.6 Å². The smallest absolute Gasteiger partial charge is 0 e. The van der Waals surface area contributed by atoms with E-state index in [0.717, 1.165) is 11.8 Å². The first kappa shape index (κ1) is 6.62. The zero-order valence-electron chi connectivity index (χ0n) is 6.40. The lowest BCUT2D eigenvalue weighted by Gasteiger charge is -2.12. The molecule has 2 N–H and O–H groups in total. The van der Waals surface area contributed by atoms with Crippen molar-refractivity contribution in [2.24, 2.45) is 11.8 Å². The molecule has 0 aromatic rings. The maximum atomic E-state index is 3.48. The summed E-state index contributed by atoms with van der Waals surface area (Å²) >= 11 is 0. The molecule has 2 heterocycles. The van der Waals surface area contributed by atoms with E-state index in [2.05, 4.69) is 10.6 Å². The normalized spacial score (nSPS) is 40.8. The maximum Gasteiger partial charge on any atom is 0 e. The molecule has 0 spiro atoms. The topological polar surface area (TPSA) is 24.1 Å². The van der Waals surface area contributed by atoms with E-state index in [4.69, 9.17) is 0 Å². The van der Waals surface area contributed by atoms with Crippen molar-refractivity contribution in [1.29, 1.82) is 0 Å². The number of fused-ring (bicyclic) bond motifs is 1. The molecule has 0 radical (unpaired) electrons. The highest BCUT2D eigenvalue weighted by Gasteiger charge is 2.27. The standard InChI is InChI=1S/C8H16N2.H2/c1-2-7-4-10-6-8(7)5-9-3-1;/h7-10H,1-6H2;1H. The van der Waals surface area contributed by atoms with Crippen molar-refractivity contribution in [3.8, 4) is 0 Å². The highest BCUT2D eigenvalue weighted by atomic mass is 15.0. The fraction of sp³-hybridized carbons (Fsp3) is 1.00. The number of rotatable bonds is 0. The monoisotopic (exact) mass is 142 g/mol. The molecule has 0 aromatic heterocycles. The third-order valence-electron chi connectivity index (χ3n) is 2.81. The molecule has 2 saturated heterocycles. The first-order valence-electron chi connectivity index (χ1n) is 4.38. The van der Waals surface area contributed by atoms with Gasteiger partial charge in [-0.2, -0.15) is 0 Å². The van der Waals surface area contributed by atoms with Crippen molar-refractivity contribution in [3.05, 3.63) is 0 Å². The highest BCUT2D eigenvalue weighted by molar-refractivity contribution is 4.84. The molecular weight excluding hydrogens is 124 g/mol. The highest BCUT2D eigenvalue weighted by Crippen LogP contribution is 2.22. The third kappa shape index (κ3) is 1.18. The summed E-state index contributed by atoms with van der Waals surface area (Å²) in [6.07, 6.45) is 2.81. The van der Waals surface area contributed by atoms with Gasteiger partial charge in [0.15, 0.2) is 0 Å². The molecule has 0 aliphatic carbocycles. The molecular formula is C8H18N2. The lowest BCUT2D eigenvalue weighted by atomic mass is 9.93. The molecule has 0 aromatic carbocycles. The van der Waals surface area contributed by atoms with Gasteiger partial charge in [-0.05, 0) is 50.9 Å². The van der Waals surface area contributed by atoms with Gasteiger partial charge in [0, 0.05) is 1.43 Å². The lowest BCUT2D eigenvalue weighted by molar-refractivity contribution is 0.414. The molecule has 2 fully saturated rings. The molecule has 2 rings (SSSR count). The van der Waals surface area contributed by atoms with E-state index in [1.54, 1.807) is 0 Å². The number of nitrogens with one attached hydrogen (secondary N) is 2. The van der Waals surface area contributed by atoms with Gasteiger partial charge in [-0.1, -0.05) is 0 Å². The van der Waals surface area contributed by atoms with E-state index >= 15 is 0 Å². The predicted molar refractivity (Wildman–Crippen MR) is 44.1 cm³/mol. The van der Waals surface area contributed by atoms with Crippen molar-refractivity contribution >= 4 is 0 Å². The number of hydrogen-bond donors (Lipinski definition) is 2. The van der Waals surface area contributed by atoms with Gasteiger partial charge >= 0.3 is 0 Å². The van der Waals surface area contributed by atoms with Crippen LogP contribution in [0.1, 0.15) is 14.3 Å². The van der Waals surface area contributed by atoms with Crippen molar-refractivity contribution < 1.29 is 1.43 Å². The van der Waals surface area contributed by atoms with Crippen LogP contribution in [-0.2, 0) is 0 Å². The summed E-state index contributed by atoms with van der Waals surface area (Å²) in [5.74, 6) is 1.91. The maximum absolute atomic E-state index is 3.48. The van der Waals surface area contributed by atoms with Gasteiger partial charge in [-0.15, -0.1) is 0 Å². The summed E-state index contributed by atoms with van der Waals surface area (Å²) in [5, 5.41) is 6.93. The van der Waals surface area contributed by atoms with Crippen LogP contribution in [0.3, 0.4) is 0 Å². The van der Waals surface area contributed by atoms with Crippen molar-refractivity contribution in [1.82, 2.24) is 10.6 Å². The van der Waals surface area contributed by atoms with E-state index < -0.39 is 0 Å². The molecule has 10 heavy (non-hydrogen) atoms. The predicted octanol–water partition coefficient (Wildman–Crippen LogP) is 0.451. The van der Waals surface area contributed by atoms with Gasteiger partial charge in [-0.3, -0.25) is 0 Å². The first-order chi connectivity index (χ1) is 4.97. The minimum Gasteiger partial charge on any atom is -0.316 e. The Bertz CT molecular complexity index is 107. The molecule has 2 heteroatoms. The first-order valence-corrected chi connectivity index (χ1v) is 4.38. The minimum absolute atomic E-state index is 0. The van der Waals surface area contributed by atoms with Gasteiger partial charge in [0.2, 0.25) is 0 Å². The molecule has 2 atom stereocenters. The summed E-state index contributed by atoms with van der Waals surface area (Å²) in [5.41, 5.74) is 0. The van der Waals surface area contributed by atoms with E-state index in [1.807, 2.05) is 0 Å². The van der Waals surface area contributed by atoms with Crippen LogP contribution < -0.4 is 10.6 Å². The largest absolute Gasteiger partial charge is 0.316 e. The second-order valence-electron chi connectivity index (χ2n) is 3.52. The van der Waals surface area contributed by atoms with Crippen LogP contribution in [0.2, 0.25) is 0 Å². The summed E-state index contributed by atoms with van der Waals surface area (Å²) in [6.45, 7) is 5.01. The quantitative estimate of drug-likeness (QED) is 0.513. The van der Waals surface area contributed by atoms with Crippen LogP contribution in [0, 0.1) is 11.8 Å². The van der Waals surface area contributed by atoms with Crippen LogP contribution >= 0.6 is 0 Å². The van der Waals surface area contributed by atoms with E-state index in [0.29, 0.717) is 0 Å². The Kier molecular flexibility index (Phi) is 1.91. The fourth-order valence-corrected chi connectivity index (χ4v) is 2.14. The lowest BCUT2D eigenvalue weighted by Crippen LogP contribution is -2.24. The van der Waals surface area contributed by atoms with Crippen molar-refractivity contribution in [2.45, 2.75) is 12.8 Å². The van der Waals surface area contributed by atoms with Crippen LogP contribution in [0.5, 0.6) is 0 Å². The average Bonchev–Trinajstić information content (AvgIpc) is 2.28. The van der Waals surface area contributed by atoms with Crippen LogP contribution in [0.25, 0.3) is 0 Å². The minimum atomic E-state index is 0. The summed E-state index contributed by atoms with van der Waals surface area (Å²) in [6, 6.07) is 0.